The van der Waals surface area contributed by atoms with Crippen molar-refractivity contribution < 1.29 is 0 Å². The van der Waals surface area contributed by atoms with Crippen molar-refractivity contribution in [3.63, 3.8) is 0 Å². The van der Waals surface area contributed by atoms with Crippen LogP contribution in [0.2, 0.25) is 5.28 Å². The SMILES string of the molecule is [C-]#[N+]c1cnc(Cl)nc1NC1CC(C)(C)N(C)C(C)(C)C1. The zero-order chi connectivity index (χ0) is 15.8. The maximum absolute atomic E-state index is 7.21. The zero-order valence-electron chi connectivity index (χ0n) is 13.2. The lowest BCUT2D eigenvalue weighted by Gasteiger charge is -2.53. The molecule has 0 bridgehead atoms. The minimum Gasteiger partial charge on any atom is -0.376 e. The predicted octanol–water partition coefficient (Wildman–Crippen LogP) is 3.74. The summed E-state index contributed by atoms with van der Waals surface area (Å²) in [6, 6.07) is 0.248. The highest BCUT2D eigenvalue weighted by atomic mass is 35.5. The molecule has 1 saturated heterocycles. The summed E-state index contributed by atoms with van der Waals surface area (Å²) in [4.78, 5) is 13.9. The van der Waals surface area contributed by atoms with E-state index in [1.807, 2.05) is 0 Å². The highest BCUT2D eigenvalue weighted by Crippen LogP contribution is 2.38. The van der Waals surface area contributed by atoms with Gasteiger partial charge in [0, 0.05) is 23.3 Å². The van der Waals surface area contributed by atoms with Gasteiger partial charge in [0.25, 0.3) is 0 Å². The Labute approximate surface area is 131 Å². The largest absolute Gasteiger partial charge is 0.376 e. The molecule has 0 radical (unpaired) electrons. The maximum atomic E-state index is 7.21. The monoisotopic (exact) mass is 307 g/mol. The van der Waals surface area contributed by atoms with Crippen LogP contribution in [0.25, 0.3) is 4.85 Å². The van der Waals surface area contributed by atoms with Gasteiger partial charge in [-0.15, -0.1) is 0 Å². The van der Waals surface area contributed by atoms with E-state index in [2.05, 4.69) is 59.8 Å². The molecular weight excluding hydrogens is 286 g/mol. The molecule has 0 amide bonds. The summed E-state index contributed by atoms with van der Waals surface area (Å²) < 4.78 is 0. The highest BCUT2D eigenvalue weighted by molar-refractivity contribution is 6.28. The fraction of sp³-hybridized carbons (Fsp3) is 0.667. The molecule has 2 rings (SSSR count). The number of nitrogens with zero attached hydrogens (tertiary/aromatic N) is 4. The van der Waals surface area contributed by atoms with Gasteiger partial charge in [0.1, 0.15) is 5.82 Å². The molecular formula is C15H22ClN5. The third-order valence-electron chi connectivity index (χ3n) is 4.51. The number of likely N-dealkylation sites (tertiary alicyclic amines) is 1. The molecule has 6 heteroatoms. The van der Waals surface area contributed by atoms with Gasteiger partial charge in [-0.3, -0.25) is 4.90 Å². The van der Waals surface area contributed by atoms with Crippen molar-refractivity contribution in [2.24, 2.45) is 0 Å². The number of halogens is 1. The Morgan fingerprint density at radius 2 is 1.90 bits per heavy atom. The van der Waals surface area contributed by atoms with Crippen molar-refractivity contribution in [2.45, 2.75) is 57.7 Å². The third-order valence-corrected chi connectivity index (χ3v) is 4.69. The van der Waals surface area contributed by atoms with Gasteiger partial charge in [-0.05, 0) is 59.2 Å². The molecule has 0 atom stereocenters. The summed E-state index contributed by atoms with van der Waals surface area (Å²) in [6.07, 6.45) is 3.42. The van der Waals surface area contributed by atoms with Crippen LogP contribution in [-0.2, 0) is 0 Å². The molecule has 0 unspecified atom stereocenters. The van der Waals surface area contributed by atoms with Gasteiger partial charge in [-0.1, -0.05) is 0 Å². The average Bonchev–Trinajstić information content (AvgIpc) is 2.35. The second-order valence-corrected chi connectivity index (χ2v) is 7.26. The second-order valence-electron chi connectivity index (χ2n) is 6.92. The van der Waals surface area contributed by atoms with Crippen molar-refractivity contribution in [2.75, 3.05) is 12.4 Å². The Morgan fingerprint density at radius 3 is 2.43 bits per heavy atom. The van der Waals surface area contributed by atoms with Gasteiger partial charge in [0.2, 0.25) is 11.0 Å². The summed E-state index contributed by atoms with van der Waals surface area (Å²) in [5, 5.41) is 3.56. The van der Waals surface area contributed by atoms with Gasteiger partial charge in [-0.25, -0.2) is 14.8 Å². The lowest BCUT2D eigenvalue weighted by atomic mass is 9.77. The minimum absolute atomic E-state index is 0.0779. The fourth-order valence-corrected chi connectivity index (χ4v) is 3.34. The first kappa shape index (κ1) is 16.0. The van der Waals surface area contributed by atoms with E-state index in [0.717, 1.165) is 12.8 Å². The van der Waals surface area contributed by atoms with E-state index in [1.54, 1.807) is 0 Å². The zero-order valence-corrected chi connectivity index (χ0v) is 14.0. The van der Waals surface area contributed by atoms with E-state index in [-0.39, 0.29) is 22.4 Å². The molecule has 1 aromatic heterocycles. The standard InChI is InChI=1S/C15H22ClN5/c1-14(2)7-10(8-15(3,4)21(14)6)19-12-11(17-5)9-18-13(16)20-12/h9-10H,7-8H2,1-4,6H3,(H,18,19,20). The van der Waals surface area contributed by atoms with Gasteiger partial charge in [-0.2, -0.15) is 0 Å². The molecule has 0 aliphatic carbocycles. The number of hydrogen-bond donors (Lipinski definition) is 1. The minimum atomic E-state index is 0.0779. The van der Waals surface area contributed by atoms with Crippen LogP contribution in [0.15, 0.2) is 6.20 Å². The molecule has 1 fully saturated rings. The molecule has 21 heavy (non-hydrogen) atoms. The topological polar surface area (TPSA) is 45.4 Å². The number of rotatable bonds is 2. The van der Waals surface area contributed by atoms with Gasteiger partial charge < -0.3 is 5.32 Å². The normalized spacial score (nSPS) is 21.8. The number of anilines is 1. The Hall–Kier alpha value is -1.38. The molecule has 1 aliphatic heterocycles. The quantitative estimate of drug-likeness (QED) is 0.668. The van der Waals surface area contributed by atoms with E-state index >= 15 is 0 Å². The number of piperidine rings is 1. The Balaban J connectivity index is 2.25. The van der Waals surface area contributed by atoms with E-state index in [1.165, 1.54) is 6.20 Å². The van der Waals surface area contributed by atoms with Crippen molar-refractivity contribution in [3.05, 3.63) is 22.9 Å². The summed E-state index contributed by atoms with van der Waals surface area (Å²) in [7, 11) is 2.17. The molecule has 0 saturated carbocycles. The van der Waals surface area contributed by atoms with Crippen LogP contribution in [0.4, 0.5) is 11.5 Å². The van der Waals surface area contributed by atoms with Crippen molar-refractivity contribution in [3.8, 4) is 0 Å². The van der Waals surface area contributed by atoms with Gasteiger partial charge in [0.15, 0.2) is 0 Å². The van der Waals surface area contributed by atoms with Crippen LogP contribution >= 0.6 is 11.6 Å². The summed E-state index contributed by atoms with van der Waals surface area (Å²) in [5.74, 6) is 0.533. The highest BCUT2D eigenvalue weighted by Gasteiger charge is 2.43. The van der Waals surface area contributed by atoms with Crippen molar-refractivity contribution >= 4 is 23.1 Å². The molecule has 1 aromatic rings. The molecule has 2 heterocycles. The summed E-state index contributed by atoms with van der Waals surface area (Å²) >= 11 is 5.85. The summed E-state index contributed by atoms with van der Waals surface area (Å²) in [6.45, 7) is 16.2. The lowest BCUT2D eigenvalue weighted by Crippen LogP contribution is -2.61. The number of nitrogens with one attached hydrogen (secondary N) is 1. The van der Waals surface area contributed by atoms with E-state index in [9.17, 15) is 0 Å². The fourth-order valence-electron chi connectivity index (χ4n) is 3.21. The second kappa shape index (κ2) is 5.43. The molecule has 114 valence electrons. The maximum Gasteiger partial charge on any atom is 0.246 e. The first-order chi connectivity index (χ1) is 9.65. The molecule has 1 aliphatic rings. The van der Waals surface area contributed by atoms with Crippen molar-refractivity contribution in [1.82, 2.24) is 14.9 Å². The Kier molecular flexibility index (Phi) is 4.14. The molecule has 0 spiro atoms. The molecule has 1 N–H and O–H groups in total. The molecule has 5 nitrogen and oxygen atoms in total. The van der Waals surface area contributed by atoms with E-state index < -0.39 is 0 Å². The number of hydrogen-bond acceptors (Lipinski definition) is 4. The predicted molar refractivity (Wildman–Crippen MR) is 85.9 cm³/mol. The van der Waals surface area contributed by atoms with Crippen LogP contribution in [0.3, 0.4) is 0 Å². The molecule has 0 aromatic carbocycles. The Bertz CT molecular complexity index is 558. The van der Waals surface area contributed by atoms with Crippen LogP contribution in [0, 0.1) is 6.57 Å². The third kappa shape index (κ3) is 3.28. The van der Waals surface area contributed by atoms with Crippen LogP contribution < -0.4 is 5.32 Å². The van der Waals surface area contributed by atoms with Crippen molar-refractivity contribution in [1.29, 1.82) is 0 Å². The van der Waals surface area contributed by atoms with Crippen LogP contribution in [-0.4, -0.2) is 39.0 Å². The van der Waals surface area contributed by atoms with Crippen LogP contribution in [0.1, 0.15) is 40.5 Å². The van der Waals surface area contributed by atoms with E-state index in [0.29, 0.717) is 11.5 Å². The first-order valence-electron chi connectivity index (χ1n) is 7.06. The Morgan fingerprint density at radius 1 is 1.33 bits per heavy atom. The first-order valence-corrected chi connectivity index (χ1v) is 7.44. The smallest absolute Gasteiger partial charge is 0.246 e. The summed E-state index contributed by atoms with van der Waals surface area (Å²) in [5.41, 5.74) is 0.567. The lowest BCUT2D eigenvalue weighted by molar-refractivity contribution is -0.00771. The van der Waals surface area contributed by atoms with Gasteiger partial charge in [0.05, 0.1) is 6.57 Å². The van der Waals surface area contributed by atoms with Crippen LogP contribution in [0.5, 0.6) is 0 Å². The van der Waals surface area contributed by atoms with Gasteiger partial charge >= 0.3 is 0 Å². The average molecular weight is 308 g/mol. The van der Waals surface area contributed by atoms with E-state index in [4.69, 9.17) is 18.2 Å². The number of aromatic nitrogens is 2.